The highest BCUT2D eigenvalue weighted by atomic mass is 16.5. The topological polar surface area (TPSA) is 83.8 Å². The third-order valence-corrected chi connectivity index (χ3v) is 4.50. The van der Waals surface area contributed by atoms with Gasteiger partial charge in [0.25, 0.3) is 0 Å². The van der Waals surface area contributed by atoms with Gasteiger partial charge in [-0.1, -0.05) is 13.0 Å². The highest BCUT2D eigenvalue weighted by molar-refractivity contribution is 5.83. The van der Waals surface area contributed by atoms with Crippen LogP contribution < -0.4 is 0 Å². The van der Waals surface area contributed by atoms with Gasteiger partial charge >= 0.3 is 5.97 Å². The molecule has 0 radical (unpaired) electrons. The lowest BCUT2D eigenvalue weighted by Crippen LogP contribution is -2.60. The number of carboxylic acids is 1. The number of aliphatic hydroxyl groups is 1. The molecule has 20 heavy (non-hydrogen) atoms. The SMILES string of the molecule is CC(/C=C/[C@]1(O)[C@@]2(C)CO[C@]1(C)CC(=O)C2)=C\C(=O)O. The molecule has 2 rings (SSSR count). The fraction of sp³-hybridized carbons (Fsp3) is 0.600. The van der Waals surface area contributed by atoms with E-state index in [1.54, 1.807) is 26.0 Å². The van der Waals surface area contributed by atoms with Crippen LogP contribution in [0, 0.1) is 5.41 Å². The number of hydrogen-bond donors (Lipinski definition) is 2. The second-order valence-corrected chi connectivity index (χ2v) is 6.30. The van der Waals surface area contributed by atoms with E-state index in [1.807, 2.05) is 6.92 Å². The molecular weight excluding hydrogens is 260 g/mol. The van der Waals surface area contributed by atoms with E-state index in [0.29, 0.717) is 12.2 Å². The summed E-state index contributed by atoms with van der Waals surface area (Å²) < 4.78 is 5.71. The number of allylic oxidation sites excluding steroid dienone is 2. The van der Waals surface area contributed by atoms with E-state index in [9.17, 15) is 14.7 Å². The third kappa shape index (κ3) is 2.11. The summed E-state index contributed by atoms with van der Waals surface area (Å²) in [6.07, 6.45) is 4.67. The predicted molar refractivity (Wildman–Crippen MR) is 72.2 cm³/mol. The number of carbonyl (C=O) groups excluding carboxylic acids is 1. The summed E-state index contributed by atoms with van der Waals surface area (Å²) in [5, 5.41) is 19.7. The molecule has 2 bridgehead atoms. The van der Waals surface area contributed by atoms with Crippen molar-refractivity contribution in [3.8, 4) is 0 Å². The van der Waals surface area contributed by atoms with E-state index in [0.717, 1.165) is 6.08 Å². The number of fused-ring (bicyclic) bond motifs is 2. The van der Waals surface area contributed by atoms with Crippen LogP contribution in [0.25, 0.3) is 0 Å². The largest absolute Gasteiger partial charge is 0.478 e. The number of hydrogen-bond acceptors (Lipinski definition) is 4. The van der Waals surface area contributed by atoms with Crippen molar-refractivity contribution in [1.82, 2.24) is 0 Å². The maximum atomic E-state index is 11.8. The summed E-state index contributed by atoms with van der Waals surface area (Å²) in [6.45, 7) is 5.53. The van der Waals surface area contributed by atoms with Crippen LogP contribution in [-0.4, -0.2) is 39.8 Å². The smallest absolute Gasteiger partial charge is 0.328 e. The molecule has 1 heterocycles. The van der Waals surface area contributed by atoms with Gasteiger partial charge in [-0.2, -0.15) is 0 Å². The number of rotatable bonds is 3. The molecule has 0 spiro atoms. The van der Waals surface area contributed by atoms with Crippen molar-refractivity contribution in [1.29, 1.82) is 0 Å². The van der Waals surface area contributed by atoms with Crippen molar-refractivity contribution < 1.29 is 24.5 Å². The Labute approximate surface area is 117 Å². The van der Waals surface area contributed by atoms with Crippen molar-refractivity contribution in [2.45, 2.75) is 44.8 Å². The van der Waals surface area contributed by atoms with Crippen LogP contribution >= 0.6 is 0 Å². The highest BCUT2D eigenvalue weighted by Gasteiger charge is 2.67. The van der Waals surface area contributed by atoms with Crippen molar-refractivity contribution in [2.75, 3.05) is 6.61 Å². The summed E-state index contributed by atoms with van der Waals surface area (Å²) in [6, 6.07) is 0. The van der Waals surface area contributed by atoms with Crippen molar-refractivity contribution >= 4 is 11.8 Å². The minimum absolute atomic E-state index is 0.0865. The average Bonchev–Trinajstić information content (AvgIpc) is 2.43. The highest BCUT2D eigenvalue weighted by Crippen LogP contribution is 2.56. The summed E-state index contributed by atoms with van der Waals surface area (Å²) in [4.78, 5) is 22.4. The minimum atomic E-state index is -1.28. The maximum absolute atomic E-state index is 11.8. The number of ketones is 1. The Morgan fingerprint density at radius 1 is 1.35 bits per heavy atom. The van der Waals surface area contributed by atoms with Crippen LogP contribution in [0.2, 0.25) is 0 Å². The molecule has 0 aromatic heterocycles. The van der Waals surface area contributed by atoms with E-state index in [2.05, 4.69) is 0 Å². The fourth-order valence-electron chi connectivity index (χ4n) is 3.29. The molecule has 0 aromatic rings. The Bertz CT molecular complexity index is 496. The Balaban J connectivity index is 2.36. The molecule has 5 nitrogen and oxygen atoms in total. The van der Waals surface area contributed by atoms with Crippen LogP contribution in [-0.2, 0) is 14.3 Å². The molecule has 1 aliphatic carbocycles. The molecule has 2 fully saturated rings. The molecule has 0 aromatic carbocycles. The summed E-state index contributed by atoms with van der Waals surface area (Å²) in [5.41, 5.74) is -2.37. The molecule has 3 atom stereocenters. The molecule has 0 unspecified atom stereocenters. The molecular formula is C15H20O5. The maximum Gasteiger partial charge on any atom is 0.328 e. The molecule has 1 saturated carbocycles. The lowest BCUT2D eigenvalue weighted by atomic mass is 9.59. The van der Waals surface area contributed by atoms with Gasteiger partial charge in [-0.15, -0.1) is 0 Å². The minimum Gasteiger partial charge on any atom is -0.478 e. The van der Waals surface area contributed by atoms with E-state index in [4.69, 9.17) is 9.84 Å². The van der Waals surface area contributed by atoms with E-state index >= 15 is 0 Å². The van der Waals surface area contributed by atoms with Gasteiger partial charge in [0, 0.05) is 24.3 Å². The Hall–Kier alpha value is -1.46. The molecule has 1 aliphatic heterocycles. The van der Waals surface area contributed by atoms with Crippen LogP contribution in [0.15, 0.2) is 23.8 Å². The average molecular weight is 280 g/mol. The Morgan fingerprint density at radius 3 is 2.55 bits per heavy atom. The van der Waals surface area contributed by atoms with Crippen LogP contribution in [0.3, 0.4) is 0 Å². The molecule has 0 amide bonds. The second-order valence-electron chi connectivity index (χ2n) is 6.30. The van der Waals surface area contributed by atoms with Crippen LogP contribution in [0.1, 0.15) is 33.6 Å². The molecule has 2 aliphatic rings. The van der Waals surface area contributed by atoms with Crippen molar-refractivity contribution in [3.63, 3.8) is 0 Å². The molecule has 1 saturated heterocycles. The van der Waals surface area contributed by atoms with Gasteiger partial charge in [0.1, 0.15) is 17.0 Å². The zero-order valence-electron chi connectivity index (χ0n) is 12.0. The first-order valence-corrected chi connectivity index (χ1v) is 6.60. The van der Waals surface area contributed by atoms with Gasteiger partial charge in [0.15, 0.2) is 0 Å². The van der Waals surface area contributed by atoms with Crippen LogP contribution in [0.4, 0.5) is 0 Å². The second kappa shape index (κ2) is 4.53. The first-order chi connectivity index (χ1) is 9.12. The van der Waals surface area contributed by atoms with Gasteiger partial charge < -0.3 is 14.9 Å². The normalized spacial score (nSPS) is 41.4. The molecule has 2 N–H and O–H groups in total. The molecule has 110 valence electrons. The van der Waals surface area contributed by atoms with Crippen molar-refractivity contribution in [3.05, 3.63) is 23.8 Å². The lowest BCUT2D eigenvalue weighted by Gasteiger charge is -2.47. The number of carbonyl (C=O) groups is 2. The Kier molecular flexibility index (Phi) is 3.38. The predicted octanol–water partition coefficient (Wildman–Crippen LogP) is 1.46. The van der Waals surface area contributed by atoms with E-state index < -0.39 is 22.6 Å². The molecule has 5 heteroatoms. The fourth-order valence-corrected chi connectivity index (χ4v) is 3.29. The number of ether oxygens (including phenoxy) is 1. The summed E-state index contributed by atoms with van der Waals surface area (Å²) in [5.74, 6) is -0.946. The number of Topliss-reactive ketones (excluding diaryl/α,β-unsaturated/α-hetero) is 1. The van der Waals surface area contributed by atoms with Gasteiger partial charge in [-0.05, 0) is 25.5 Å². The standard InChI is InChI=1S/C15H20O5/c1-10(6-12(17)18)4-5-15(19)13(2)7-11(16)8-14(15,3)20-9-13/h4-6,19H,7-9H2,1-3H3,(H,17,18)/b5-4+,10-6+/t13-,14-,15+/m1/s1. The zero-order chi connectivity index (χ0) is 15.2. The first-order valence-electron chi connectivity index (χ1n) is 6.60. The first kappa shape index (κ1) is 14.9. The van der Waals surface area contributed by atoms with Gasteiger partial charge in [0.2, 0.25) is 0 Å². The monoisotopic (exact) mass is 280 g/mol. The van der Waals surface area contributed by atoms with Gasteiger partial charge in [0.05, 0.1) is 6.61 Å². The lowest BCUT2D eigenvalue weighted by molar-refractivity contribution is -0.151. The zero-order valence-corrected chi connectivity index (χ0v) is 12.0. The van der Waals surface area contributed by atoms with E-state index in [1.165, 1.54) is 0 Å². The van der Waals surface area contributed by atoms with Gasteiger partial charge in [-0.3, -0.25) is 4.79 Å². The Morgan fingerprint density at radius 2 is 2.00 bits per heavy atom. The number of carboxylic acid groups (broad SMARTS) is 1. The van der Waals surface area contributed by atoms with E-state index in [-0.39, 0.29) is 18.6 Å². The quantitative estimate of drug-likeness (QED) is 0.604. The summed E-state index contributed by atoms with van der Waals surface area (Å²) in [7, 11) is 0. The van der Waals surface area contributed by atoms with Gasteiger partial charge in [-0.25, -0.2) is 4.79 Å². The third-order valence-electron chi connectivity index (χ3n) is 4.50. The summed E-state index contributed by atoms with van der Waals surface area (Å²) >= 11 is 0. The van der Waals surface area contributed by atoms with Crippen molar-refractivity contribution in [2.24, 2.45) is 5.41 Å². The van der Waals surface area contributed by atoms with Crippen LogP contribution in [0.5, 0.6) is 0 Å². The number of aliphatic carboxylic acids is 1.